The Morgan fingerprint density at radius 2 is 2.14 bits per heavy atom. The van der Waals surface area contributed by atoms with E-state index in [9.17, 15) is 18.3 Å². The molecule has 0 aromatic carbocycles. The van der Waals surface area contributed by atoms with Crippen LogP contribution < -0.4 is 10.0 Å². The van der Waals surface area contributed by atoms with E-state index >= 15 is 0 Å². The summed E-state index contributed by atoms with van der Waals surface area (Å²) in [6, 6.07) is 5.50. The van der Waals surface area contributed by atoms with E-state index in [1.54, 1.807) is 6.20 Å². The summed E-state index contributed by atoms with van der Waals surface area (Å²) < 4.78 is 32.6. The molecule has 5 rings (SSSR count). The van der Waals surface area contributed by atoms with Crippen molar-refractivity contribution in [2.75, 3.05) is 12.4 Å². The number of fused-ring (bicyclic) bond motifs is 1. The number of thiophene rings is 1. The van der Waals surface area contributed by atoms with E-state index < -0.39 is 22.5 Å². The standard InChI is InChI=1S/C23H24N6O5S2/c1-24-36(32,33)34-20-8-16(7-19(20)30)28-23-17(9-26-13-27-23)22(31)21-6-14(12-35-21)11-29-5-3-15-2-4-25-10-18(15)29/h2-6,9-10,12-13,16,19-20,24,30H,7-8,11H2,1H3,(H,26,27,28)/t16-,19+,20-/m1/s1. The predicted octanol–water partition coefficient (Wildman–Crippen LogP) is 1.95. The summed E-state index contributed by atoms with van der Waals surface area (Å²) >= 11 is 1.35. The summed E-state index contributed by atoms with van der Waals surface area (Å²) in [7, 11) is -2.70. The fourth-order valence-electron chi connectivity index (χ4n) is 4.29. The molecule has 0 radical (unpaired) electrons. The monoisotopic (exact) mass is 528 g/mol. The van der Waals surface area contributed by atoms with Gasteiger partial charge >= 0.3 is 10.3 Å². The highest BCUT2D eigenvalue weighted by Crippen LogP contribution is 2.29. The summed E-state index contributed by atoms with van der Waals surface area (Å²) in [5.41, 5.74) is 2.30. The molecule has 1 aliphatic carbocycles. The highest BCUT2D eigenvalue weighted by molar-refractivity contribution is 7.84. The van der Waals surface area contributed by atoms with Crippen LogP contribution in [-0.2, 0) is 21.0 Å². The number of aromatic nitrogens is 4. The van der Waals surface area contributed by atoms with Crippen molar-refractivity contribution in [2.45, 2.75) is 37.6 Å². The lowest BCUT2D eigenvalue weighted by molar-refractivity contribution is 0.0636. The molecule has 188 valence electrons. The summed E-state index contributed by atoms with van der Waals surface area (Å²) in [4.78, 5) is 26.3. The molecule has 3 atom stereocenters. The van der Waals surface area contributed by atoms with Crippen molar-refractivity contribution in [3.05, 3.63) is 70.7 Å². The van der Waals surface area contributed by atoms with Gasteiger partial charge in [-0.25, -0.2) is 9.97 Å². The van der Waals surface area contributed by atoms with Crippen molar-refractivity contribution < 1.29 is 22.5 Å². The SMILES string of the molecule is CNS(=O)(=O)O[C@@H]1C[C@H](Nc2ncncc2C(=O)c2cc(Cn3ccc4ccncc43)cs2)C[C@@H]1O. The summed E-state index contributed by atoms with van der Waals surface area (Å²) in [5.74, 6) is 0.0965. The zero-order valence-electron chi connectivity index (χ0n) is 19.2. The second-order valence-electron chi connectivity index (χ2n) is 8.48. The maximum atomic E-state index is 13.3. The minimum absolute atomic E-state index is 0.225. The third-order valence-electron chi connectivity index (χ3n) is 6.08. The topological polar surface area (TPSA) is 148 Å². The van der Waals surface area contributed by atoms with Gasteiger partial charge in [-0.05, 0) is 42.0 Å². The molecule has 13 heteroatoms. The number of ketones is 1. The fraction of sp³-hybridized carbons (Fsp3) is 0.304. The van der Waals surface area contributed by atoms with E-state index in [1.165, 1.54) is 30.9 Å². The number of carbonyl (C=O) groups excluding carboxylic acids is 1. The molecule has 36 heavy (non-hydrogen) atoms. The van der Waals surface area contributed by atoms with Crippen LogP contribution in [0.3, 0.4) is 0 Å². The first-order valence-electron chi connectivity index (χ1n) is 11.2. The second-order valence-corrected chi connectivity index (χ2v) is 10.9. The molecule has 4 aromatic heterocycles. The third kappa shape index (κ3) is 5.15. The van der Waals surface area contributed by atoms with Crippen molar-refractivity contribution in [3.63, 3.8) is 0 Å². The fourth-order valence-corrected chi connectivity index (χ4v) is 5.77. The van der Waals surface area contributed by atoms with Gasteiger partial charge in [-0.3, -0.25) is 14.0 Å². The van der Waals surface area contributed by atoms with E-state index in [0.29, 0.717) is 22.8 Å². The molecule has 0 aliphatic heterocycles. The first kappa shape index (κ1) is 24.5. The molecule has 0 unspecified atom stereocenters. The minimum Gasteiger partial charge on any atom is -0.390 e. The number of aliphatic hydroxyl groups excluding tert-OH is 1. The van der Waals surface area contributed by atoms with Gasteiger partial charge in [0.2, 0.25) is 5.78 Å². The molecule has 0 bridgehead atoms. The number of rotatable bonds is 9. The molecule has 11 nitrogen and oxygen atoms in total. The van der Waals surface area contributed by atoms with Gasteiger partial charge in [0.15, 0.2) is 0 Å². The molecule has 1 fully saturated rings. The summed E-state index contributed by atoms with van der Waals surface area (Å²) in [6.07, 6.45) is 6.93. The molecule has 1 aliphatic rings. The van der Waals surface area contributed by atoms with Crippen molar-refractivity contribution >= 4 is 44.1 Å². The molecule has 0 amide bonds. The molecule has 3 N–H and O–H groups in total. The van der Waals surface area contributed by atoms with Gasteiger partial charge in [0, 0.05) is 43.6 Å². The van der Waals surface area contributed by atoms with Crippen molar-refractivity contribution in [1.82, 2.24) is 24.2 Å². The lowest BCUT2D eigenvalue weighted by Crippen LogP contribution is -2.31. The lowest BCUT2D eigenvalue weighted by Gasteiger charge is -2.15. The van der Waals surface area contributed by atoms with E-state index in [0.717, 1.165) is 16.5 Å². The smallest absolute Gasteiger partial charge is 0.335 e. The highest BCUT2D eigenvalue weighted by Gasteiger charge is 2.37. The van der Waals surface area contributed by atoms with Crippen LogP contribution in [-0.4, -0.2) is 64.1 Å². The van der Waals surface area contributed by atoms with Crippen LogP contribution in [0.25, 0.3) is 10.9 Å². The Kier molecular flexibility index (Phi) is 6.81. The van der Waals surface area contributed by atoms with Crippen LogP contribution >= 0.6 is 11.3 Å². The Balaban J connectivity index is 1.30. The molecular weight excluding hydrogens is 504 g/mol. The van der Waals surface area contributed by atoms with E-state index in [4.69, 9.17) is 4.18 Å². The first-order valence-corrected chi connectivity index (χ1v) is 13.5. The number of carbonyl (C=O) groups is 1. The van der Waals surface area contributed by atoms with Gasteiger partial charge in [-0.1, -0.05) is 0 Å². The number of hydrogen-bond acceptors (Lipinski definition) is 10. The van der Waals surface area contributed by atoms with E-state index in [2.05, 4.69) is 29.6 Å². The van der Waals surface area contributed by atoms with Crippen molar-refractivity contribution in [1.29, 1.82) is 0 Å². The number of aliphatic hydroxyl groups is 1. The Labute approximate surface area is 211 Å². The zero-order valence-corrected chi connectivity index (χ0v) is 20.9. The molecule has 1 saturated carbocycles. The van der Waals surface area contributed by atoms with Gasteiger partial charge in [0.1, 0.15) is 18.2 Å². The molecule has 4 aromatic rings. The number of hydrogen-bond donors (Lipinski definition) is 3. The summed E-state index contributed by atoms with van der Waals surface area (Å²) in [5, 5.41) is 16.5. The molecule has 0 saturated heterocycles. The zero-order chi connectivity index (χ0) is 25.3. The van der Waals surface area contributed by atoms with Crippen LogP contribution in [0.5, 0.6) is 0 Å². The van der Waals surface area contributed by atoms with E-state index in [1.807, 2.05) is 36.0 Å². The van der Waals surface area contributed by atoms with Gasteiger partial charge in [0.25, 0.3) is 0 Å². The van der Waals surface area contributed by atoms with Crippen molar-refractivity contribution in [3.8, 4) is 0 Å². The normalized spacial score (nSPS) is 20.1. The second kappa shape index (κ2) is 10.0. The van der Waals surface area contributed by atoms with Crippen molar-refractivity contribution in [2.24, 2.45) is 0 Å². The van der Waals surface area contributed by atoms with Gasteiger partial charge in [0.05, 0.1) is 28.3 Å². The van der Waals surface area contributed by atoms with Crippen LogP contribution in [0.1, 0.15) is 33.6 Å². The minimum atomic E-state index is -3.94. The van der Waals surface area contributed by atoms with Crippen LogP contribution in [0, 0.1) is 0 Å². The van der Waals surface area contributed by atoms with Gasteiger partial charge in [-0.15, -0.1) is 11.3 Å². The third-order valence-corrected chi connectivity index (χ3v) is 8.06. The quantitative estimate of drug-likeness (QED) is 0.277. The van der Waals surface area contributed by atoms with E-state index in [-0.39, 0.29) is 24.7 Å². The van der Waals surface area contributed by atoms with Gasteiger partial charge in [-0.2, -0.15) is 13.1 Å². The maximum Gasteiger partial charge on any atom is 0.335 e. The highest BCUT2D eigenvalue weighted by atomic mass is 32.2. The predicted molar refractivity (Wildman–Crippen MR) is 134 cm³/mol. The first-order chi connectivity index (χ1) is 17.3. The summed E-state index contributed by atoms with van der Waals surface area (Å²) in [6.45, 7) is 0.603. The Morgan fingerprint density at radius 3 is 2.97 bits per heavy atom. The molecule has 0 spiro atoms. The number of anilines is 1. The van der Waals surface area contributed by atoms with Gasteiger partial charge < -0.3 is 15.0 Å². The number of pyridine rings is 1. The Hall–Kier alpha value is -3.23. The Morgan fingerprint density at radius 1 is 1.28 bits per heavy atom. The lowest BCUT2D eigenvalue weighted by atomic mass is 10.1. The average Bonchev–Trinajstić information content (AvgIpc) is 3.59. The number of nitrogens with one attached hydrogen (secondary N) is 2. The van der Waals surface area contributed by atoms with Crippen LogP contribution in [0.2, 0.25) is 0 Å². The molecular formula is C23H24N6O5S2. The maximum absolute atomic E-state index is 13.3. The average molecular weight is 529 g/mol. The largest absolute Gasteiger partial charge is 0.390 e. The van der Waals surface area contributed by atoms with Crippen LogP contribution in [0.4, 0.5) is 5.82 Å². The molecule has 4 heterocycles. The number of nitrogens with zero attached hydrogens (tertiary/aromatic N) is 4. The van der Waals surface area contributed by atoms with Crippen LogP contribution in [0.15, 0.2) is 54.7 Å². The Bertz CT molecular complexity index is 1500.